The van der Waals surface area contributed by atoms with Crippen LogP contribution in [0.25, 0.3) is 11.3 Å². The van der Waals surface area contributed by atoms with Crippen molar-refractivity contribution >= 4 is 0 Å². The predicted molar refractivity (Wildman–Crippen MR) is 94.2 cm³/mol. The molecule has 1 aromatic heterocycles. The number of hydrogen-bond donors (Lipinski definition) is 0. The number of para-hydroxylation sites is 1. The van der Waals surface area contributed by atoms with E-state index in [1.165, 1.54) is 16.7 Å². The van der Waals surface area contributed by atoms with E-state index in [1.54, 1.807) is 0 Å². The van der Waals surface area contributed by atoms with E-state index in [0.29, 0.717) is 0 Å². The summed E-state index contributed by atoms with van der Waals surface area (Å²) in [6.45, 7) is 6.66. The lowest BCUT2D eigenvalue weighted by Gasteiger charge is -2.35. The van der Waals surface area contributed by atoms with Crippen molar-refractivity contribution < 1.29 is 9.30 Å². The van der Waals surface area contributed by atoms with Gasteiger partial charge in [-0.15, -0.1) is 0 Å². The first-order valence-electron chi connectivity index (χ1n) is 8.21. The summed E-state index contributed by atoms with van der Waals surface area (Å²) in [7, 11) is 2.02. The normalized spacial score (nSPS) is 14.5. The first-order valence-corrected chi connectivity index (χ1v) is 8.21. The van der Waals surface area contributed by atoms with Gasteiger partial charge >= 0.3 is 0 Å². The summed E-state index contributed by atoms with van der Waals surface area (Å²) in [6, 6.07) is 14.7. The van der Waals surface area contributed by atoms with Gasteiger partial charge in [-0.3, -0.25) is 0 Å². The van der Waals surface area contributed by atoms with E-state index in [2.05, 4.69) is 56.1 Å². The number of aryl methyl sites for hydroxylation is 2. The monoisotopic (exact) mass is 317 g/mol. The molecule has 0 atom stereocenters. The third-order valence-electron chi connectivity index (χ3n) is 5.01. The van der Waals surface area contributed by atoms with Crippen molar-refractivity contribution in [2.24, 2.45) is 7.05 Å². The molecular weight excluding hydrogens is 296 g/mol. The van der Waals surface area contributed by atoms with E-state index in [1.807, 2.05) is 36.3 Å². The minimum absolute atomic E-state index is 0.0990. The van der Waals surface area contributed by atoms with Gasteiger partial charge < -0.3 is 4.74 Å². The van der Waals surface area contributed by atoms with Gasteiger partial charge in [0.1, 0.15) is 23.4 Å². The summed E-state index contributed by atoms with van der Waals surface area (Å²) in [4.78, 5) is 4.20. The molecule has 4 rings (SSSR count). The third-order valence-corrected chi connectivity index (χ3v) is 5.01. The van der Waals surface area contributed by atoms with Gasteiger partial charge in [0.25, 0.3) is 6.33 Å². The van der Waals surface area contributed by atoms with Gasteiger partial charge in [0, 0.05) is 22.6 Å². The molecule has 120 valence electrons. The Kier molecular flexibility index (Phi) is 3.20. The zero-order valence-corrected chi connectivity index (χ0v) is 14.5. The number of benzene rings is 2. The molecule has 0 saturated heterocycles. The highest BCUT2D eigenvalue weighted by atomic mass is 16.5. The maximum absolute atomic E-state index is 6.40. The van der Waals surface area contributed by atoms with Crippen molar-refractivity contribution in [1.82, 2.24) is 4.98 Å². The maximum Gasteiger partial charge on any atom is 0.286 e. The first kappa shape index (κ1) is 14.9. The standard InChI is InChI=1S/C21H21N2O/c1-14-9-10-16-20(19(14)17-11-12-22-13-23(17)4)24-18-8-6-5-7-15(18)21(16,2)3/h5-13H,1-4H3/q+1. The van der Waals surface area contributed by atoms with Crippen LogP contribution in [0.1, 0.15) is 30.5 Å². The number of hydrogen-bond acceptors (Lipinski definition) is 2. The van der Waals surface area contributed by atoms with Gasteiger partial charge in [0.2, 0.25) is 0 Å². The molecule has 0 N–H and O–H groups in total. The van der Waals surface area contributed by atoms with E-state index < -0.39 is 0 Å². The Bertz CT molecular complexity index is 944. The second-order valence-electron chi connectivity index (χ2n) is 6.93. The Morgan fingerprint density at radius 3 is 2.58 bits per heavy atom. The van der Waals surface area contributed by atoms with Gasteiger partial charge in [0.05, 0.1) is 12.6 Å². The molecular formula is C21H21N2O+. The number of rotatable bonds is 1. The van der Waals surface area contributed by atoms with Gasteiger partial charge in [-0.1, -0.05) is 49.2 Å². The average Bonchev–Trinajstić information content (AvgIpc) is 2.56. The molecule has 0 fully saturated rings. The molecule has 2 heterocycles. The summed E-state index contributed by atoms with van der Waals surface area (Å²) >= 11 is 0. The van der Waals surface area contributed by atoms with E-state index in [-0.39, 0.29) is 5.41 Å². The van der Waals surface area contributed by atoms with Crippen LogP contribution in [-0.2, 0) is 12.5 Å². The van der Waals surface area contributed by atoms with Crippen LogP contribution in [0.15, 0.2) is 55.0 Å². The first-order chi connectivity index (χ1) is 11.5. The molecule has 0 aliphatic carbocycles. The van der Waals surface area contributed by atoms with Crippen LogP contribution in [-0.4, -0.2) is 4.98 Å². The molecule has 0 unspecified atom stereocenters. The van der Waals surface area contributed by atoms with E-state index in [4.69, 9.17) is 4.74 Å². The number of aromatic nitrogens is 2. The molecule has 24 heavy (non-hydrogen) atoms. The van der Waals surface area contributed by atoms with Crippen LogP contribution in [0.3, 0.4) is 0 Å². The largest absolute Gasteiger partial charge is 0.456 e. The fourth-order valence-corrected chi connectivity index (χ4v) is 3.62. The molecule has 0 radical (unpaired) electrons. The quantitative estimate of drug-likeness (QED) is 0.625. The average molecular weight is 317 g/mol. The Morgan fingerprint density at radius 2 is 1.79 bits per heavy atom. The van der Waals surface area contributed by atoms with Crippen LogP contribution in [0.5, 0.6) is 11.5 Å². The van der Waals surface area contributed by atoms with Crippen LogP contribution < -0.4 is 9.30 Å². The van der Waals surface area contributed by atoms with Crippen LogP contribution >= 0.6 is 0 Å². The summed E-state index contributed by atoms with van der Waals surface area (Å²) in [5.74, 6) is 1.90. The van der Waals surface area contributed by atoms with Gasteiger partial charge in [-0.2, -0.15) is 0 Å². The van der Waals surface area contributed by atoms with Crippen molar-refractivity contribution in [2.75, 3.05) is 0 Å². The zero-order chi connectivity index (χ0) is 16.9. The Morgan fingerprint density at radius 1 is 1.00 bits per heavy atom. The zero-order valence-electron chi connectivity index (χ0n) is 14.5. The molecule has 0 amide bonds. The van der Waals surface area contributed by atoms with E-state index in [0.717, 1.165) is 22.8 Å². The SMILES string of the molecule is Cc1ccc2c(c1-c1ccnc[n+]1C)Oc1ccccc1C2(C)C. The number of fused-ring (bicyclic) bond motifs is 2. The lowest BCUT2D eigenvalue weighted by atomic mass is 9.74. The molecule has 3 nitrogen and oxygen atoms in total. The van der Waals surface area contributed by atoms with Crippen molar-refractivity contribution in [3.63, 3.8) is 0 Å². The summed E-state index contributed by atoms with van der Waals surface area (Å²) < 4.78 is 8.44. The topological polar surface area (TPSA) is 26.0 Å². The lowest BCUT2D eigenvalue weighted by Crippen LogP contribution is -2.32. The van der Waals surface area contributed by atoms with Gasteiger partial charge in [0.15, 0.2) is 0 Å². The molecule has 3 heteroatoms. The van der Waals surface area contributed by atoms with Crippen molar-refractivity contribution in [3.05, 3.63) is 71.7 Å². The maximum atomic E-state index is 6.40. The van der Waals surface area contributed by atoms with Crippen molar-refractivity contribution in [3.8, 4) is 22.8 Å². The van der Waals surface area contributed by atoms with Crippen LogP contribution in [0, 0.1) is 6.92 Å². The minimum Gasteiger partial charge on any atom is -0.456 e. The molecule has 0 spiro atoms. The highest BCUT2D eigenvalue weighted by Crippen LogP contribution is 2.51. The van der Waals surface area contributed by atoms with E-state index >= 15 is 0 Å². The molecule has 0 bridgehead atoms. The summed E-state index contributed by atoms with van der Waals surface area (Å²) in [5, 5.41) is 0. The molecule has 3 aromatic rings. The van der Waals surface area contributed by atoms with Crippen LogP contribution in [0.4, 0.5) is 0 Å². The summed E-state index contributed by atoms with van der Waals surface area (Å²) in [5.41, 5.74) is 5.79. The van der Waals surface area contributed by atoms with E-state index in [9.17, 15) is 0 Å². The van der Waals surface area contributed by atoms with Crippen molar-refractivity contribution in [1.29, 1.82) is 0 Å². The van der Waals surface area contributed by atoms with Gasteiger partial charge in [-0.25, -0.2) is 4.57 Å². The third kappa shape index (κ3) is 2.04. The van der Waals surface area contributed by atoms with Crippen LogP contribution in [0.2, 0.25) is 0 Å². The number of nitrogens with zero attached hydrogens (tertiary/aromatic N) is 2. The minimum atomic E-state index is -0.0990. The molecule has 2 aromatic carbocycles. The number of ether oxygens (including phenoxy) is 1. The lowest BCUT2D eigenvalue weighted by molar-refractivity contribution is -0.663. The smallest absolute Gasteiger partial charge is 0.286 e. The second kappa shape index (κ2) is 5.17. The molecule has 1 aliphatic rings. The highest BCUT2D eigenvalue weighted by Gasteiger charge is 2.36. The summed E-state index contributed by atoms with van der Waals surface area (Å²) in [6.07, 6.45) is 3.66. The molecule has 1 aliphatic heterocycles. The van der Waals surface area contributed by atoms with Crippen molar-refractivity contribution in [2.45, 2.75) is 26.2 Å². The Labute approximate surface area is 142 Å². The fraction of sp³-hybridized carbons (Fsp3) is 0.238. The fourth-order valence-electron chi connectivity index (χ4n) is 3.62. The molecule has 0 saturated carbocycles. The predicted octanol–water partition coefficient (Wildman–Crippen LogP) is 4.31. The highest BCUT2D eigenvalue weighted by molar-refractivity contribution is 5.75. The Balaban J connectivity index is 2.03. The Hall–Kier alpha value is -2.68. The second-order valence-corrected chi connectivity index (χ2v) is 6.93. The van der Waals surface area contributed by atoms with Gasteiger partial charge in [-0.05, 0) is 18.6 Å².